The first-order valence-electron chi connectivity index (χ1n) is 18.4. The maximum atomic E-state index is 15.1. The molecule has 0 amide bonds. The molecule has 0 saturated heterocycles. The minimum absolute atomic E-state index is 0.0703. The molecule has 0 fully saturated rings. The third-order valence-electron chi connectivity index (χ3n) is 11.6. The summed E-state index contributed by atoms with van der Waals surface area (Å²) < 4.78 is 5.06. The zero-order chi connectivity index (χ0) is 36.0. The smallest absolute Gasteiger partial charge is 0.193 e. The third kappa shape index (κ3) is 4.46. The van der Waals surface area contributed by atoms with Gasteiger partial charge in [0.1, 0.15) is 0 Å². The molecule has 7 aromatic carbocycles. The summed E-state index contributed by atoms with van der Waals surface area (Å²) in [7, 11) is 0. The Kier molecular flexibility index (Phi) is 6.94. The van der Waals surface area contributed by atoms with E-state index in [0.29, 0.717) is 6.42 Å². The maximum absolute atomic E-state index is 15.1. The molecule has 254 valence electrons. The summed E-state index contributed by atoms with van der Waals surface area (Å²) >= 11 is 3.66. The molecule has 1 nitrogen and oxygen atoms in total. The highest BCUT2D eigenvalue weighted by molar-refractivity contribution is 7.26. The van der Waals surface area contributed by atoms with Crippen molar-refractivity contribution >= 4 is 74.4 Å². The largest absolute Gasteiger partial charge is 0.289 e. The van der Waals surface area contributed by atoms with Gasteiger partial charge in [0.25, 0.3) is 0 Å². The van der Waals surface area contributed by atoms with Crippen LogP contribution in [-0.2, 0) is 5.41 Å². The molecule has 2 aliphatic carbocycles. The summed E-state index contributed by atoms with van der Waals surface area (Å²) in [5.74, 6) is 0.0703. The molecule has 1 atom stereocenters. The SMILES string of the molecule is C=C1/C=C\C=C/CC2(c3ccccc31)c1ccc(-c3cccc4c3sc3ccccc34)cc1C(=O)c1ccc(-c3cccc4c3sc3ccccc34)cc12. The van der Waals surface area contributed by atoms with Crippen molar-refractivity contribution in [2.45, 2.75) is 11.8 Å². The van der Waals surface area contributed by atoms with Crippen LogP contribution in [0.3, 0.4) is 0 Å². The van der Waals surface area contributed by atoms with Gasteiger partial charge in [-0.05, 0) is 80.8 Å². The second-order valence-corrected chi connectivity index (χ2v) is 16.5. The van der Waals surface area contributed by atoms with Gasteiger partial charge in [0.15, 0.2) is 5.78 Å². The number of allylic oxidation sites excluding steroid dienone is 5. The normalized spacial score (nSPS) is 17.6. The molecule has 0 bridgehead atoms. The Morgan fingerprint density at radius 1 is 0.481 bits per heavy atom. The number of fused-ring (bicyclic) bond motifs is 12. The molecule has 0 saturated carbocycles. The van der Waals surface area contributed by atoms with Crippen LogP contribution < -0.4 is 0 Å². The van der Waals surface area contributed by atoms with Crippen molar-refractivity contribution in [2.75, 3.05) is 0 Å². The number of ketones is 1. The lowest BCUT2D eigenvalue weighted by molar-refractivity contribution is 0.103. The van der Waals surface area contributed by atoms with Gasteiger partial charge in [0, 0.05) is 51.5 Å². The summed E-state index contributed by atoms with van der Waals surface area (Å²) in [6.45, 7) is 4.54. The zero-order valence-electron chi connectivity index (χ0n) is 29.3. The summed E-state index contributed by atoms with van der Waals surface area (Å²) in [6.07, 6.45) is 9.27. The first kappa shape index (κ1) is 31.4. The number of carbonyl (C=O) groups is 1. The molecule has 11 rings (SSSR count). The monoisotopic (exact) mass is 724 g/mol. The molecule has 0 radical (unpaired) electrons. The van der Waals surface area contributed by atoms with Gasteiger partial charge in [-0.3, -0.25) is 4.79 Å². The van der Waals surface area contributed by atoms with Gasteiger partial charge in [-0.1, -0.05) is 152 Å². The average Bonchev–Trinajstić information content (AvgIpc) is 3.81. The number of hydrogen-bond acceptors (Lipinski definition) is 3. The van der Waals surface area contributed by atoms with Crippen molar-refractivity contribution in [1.82, 2.24) is 0 Å². The molecule has 0 aliphatic heterocycles. The Labute approximate surface area is 321 Å². The molecule has 2 heterocycles. The summed E-state index contributed by atoms with van der Waals surface area (Å²) in [6, 6.07) is 52.3. The van der Waals surface area contributed by atoms with Crippen molar-refractivity contribution in [3.8, 4) is 22.3 Å². The van der Waals surface area contributed by atoms with Crippen LogP contribution >= 0.6 is 22.7 Å². The van der Waals surface area contributed by atoms with Crippen molar-refractivity contribution in [3.63, 3.8) is 0 Å². The quantitative estimate of drug-likeness (QED) is 0.173. The van der Waals surface area contributed by atoms with Gasteiger partial charge in [-0.25, -0.2) is 0 Å². The summed E-state index contributed by atoms with van der Waals surface area (Å²) in [5, 5.41) is 5.07. The van der Waals surface area contributed by atoms with Crippen LogP contribution in [0.4, 0.5) is 0 Å². The molecule has 3 heteroatoms. The lowest BCUT2D eigenvalue weighted by Gasteiger charge is -2.42. The van der Waals surface area contributed by atoms with Crippen LogP contribution in [0.25, 0.3) is 68.2 Å². The Bertz CT molecular complexity index is 3130. The highest BCUT2D eigenvalue weighted by atomic mass is 32.1. The Morgan fingerprint density at radius 3 is 1.78 bits per heavy atom. The van der Waals surface area contributed by atoms with Gasteiger partial charge < -0.3 is 0 Å². The second-order valence-electron chi connectivity index (χ2n) is 14.4. The van der Waals surface area contributed by atoms with Gasteiger partial charge >= 0.3 is 0 Å². The van der Waals surface area contributed by atoms with Crippen LogP contribution in [-0.4, -0.2) is 5.78 Å². The molecule has 1 unspecified atom stereocenters. The van der Waals surface area contributed by atoms with E-state index in [-0.39, 0.29) is 5.78 Å². The van der Waals surface area contributed by atoms with Crippen molar-refractivity contribution in [2.24, 2.45) is 0 Å². The predicted molar refractivity (Wildman–Crippen MR) is 231 cm³/mol. The fraction of sp³-hybridized carbons (Fsp3) is 0.0392. The van der Waals surface area contributed by atoms with Crippen molar-refractivity contribution in [1.29, 1.82) is 0 Å². The highest BCUT2D eigenvalue weighted by Gasteiger charge is 2.46. The average molecular weight is 725 g/mol. The molecule has 1 spiro atoms. The minimum Gasteiger partial charge on any atom is -0.289 e. The van der Waals surface area contributed by atoms with E-state index < -0.39 is 5.41 Å². The van der Waals surface area contributed by atoms with Crippen LogP contribution in [0, 0.1) is 0 Å². The van der Waals surface area contributed by atoms with E-state index in [0.717, 1.165) is 55.6 Å². The van der Waals surface area contributed by atoms with E-state index in [9.17, 15) is 0 Å². The maximum Gasteiger partial charge on any atom is 0.193 e. The molecular formula is C51H32OS2. The van der Waals surface area contributed by atoms with Crippen LogP contribution in [0.5, 0.6) is 0 Å². The Morgan fingerprint density at radius 2 is 1.06 bits per heavy atom. The van der Waals surface area contributed by atoms with Crippen LogP contribution in [0.15, 0.2) is 176 Å². The van der Waals surface area contributed by atoms with E-state index in [1.807, 2.05) is 22.7 Å². The Balaban J connectivity index is 1.19. The Hall–Kier alpha value is -6.13. The number of benzene rings is 7. The highest BCUT2D eigenvalue weighted by Crippen LogP contribution is 2.53. The van der Waals surface area contributed by atoms with Gasteiger partial charge in [-0.15, -0.1) is 22.7 Å². The van der Waals surface area contributed by atoms with E-state index in [4.69, 9.17) is 0 Å². The fourth-order valence-corrected chi connectivity index (χ4v) is 11.6. The first-order valence-corrected chi connectivity index (χ1v) is 20.0. The van der Waals surface area contributed by atoms with E-state index in [2.05, 4.69) is 176 Å². The van der Waals surface area contributed by atoms with Crippen molar-refractivity contribution in [3.05, 3.63) is 210 Å². The topological polar surface area (TPSA) is 17.1 Å². The molecular weight excluding hydrogens is 693 g/mol. The number of thiophene rings is 2. The van der Waals surface area contributed by atoms with Gasteiger partial charge in [-0.2, -0.15) is 0 Å². The lowest BCUT2D eigenvalue weighted by Crippen LogP contribution is -2.37. The molecule has 9 aromatic rings. The molecule has 2 aliphatic rings. The summed E-state index contributed by atoms with van der Waals surface area (Å²) in [4.78, 5) is 15.1. The van der Waals surface area contributed by atoms with E-state index in [1.54, 1.807) is 0 Å². The summed E-state index contributed by atoms with van der Waals surface area (Å²) in [5.41, 5.74) is 10.7. The van der Waals surface area contributed by atoms with E-state index in [1.165, 1.54) is 45.9 Å². The van der Waals surface area contributed by atoms with Gasteiger partial charge in [0.2, 0.25) is 0 Å². The fourth-order valence-electron chi connectivity index (χ4n) is 9.11. The number of carbonyl (C=O) groups excluding carboxylic acids is 1. The first-order chi connectivity index (χ1) is 26.6. The predicted octanol–water partition coefficient (Wildman–Crippen LogP) is 14.2. The lowest BCUT2D eigenvalue weighted by atomic mass is 9.59. The van der Waals surface area contributed by atoms with Crippen molar-refractivity contribution < 1.29 is 4.79 Å². The number of rotatable bonds is 2. The minimum atomic E-state index is -0.646. The van der Waals surface area contributed by atoms with Gasteiger partial charge in [0.05, 0.1) is 5.41 Å². The third-order valence-corrected chi connectivity index (χ3v) is 14.0. The zero-order valence-corrected chi connectivity index (χ0v) is 30.9. The van der Waals surface area contributed by atoms with Crippen LogP contribution in [0.2, 0.25) is 0 Å². The molecule has 2 aromatic heterocycles. The van der Waals surface area contributed by atoms with E-state index >= 15 is 4.79 Å². The van der Waals surface area contributed by atoms with Crippen LogP contribution in [0.1, 0.15) is 44.6 Å². The molecule has 0 N–H and O–H groups in total. The standard InChI is InChI=1S/C51H32OS2/c1-31-13-3-2-10-28-51(43-21-7-4-14-34(31)43)44-27-25-32(35-17-11-19-39-37-15-5-8-22-46(37)53-49(35)39)29-42(44)48(52)41-26-24-33(30-45(41)51)36-18-12-20-40-38-16-6-9-23-47(38)54-50(36)40/h2-27,29-30H,1,28H2/b10-2-,13-3-. The number of hydrogen-bond donors (Lipinski definition) is 0. The molecule has 54 heavy (non-hydrogen) atoms. The second kappa shape index (κ2) is 11.9.